The molecule has 0 atom stereocenters. The zero-order valence-corrected chi connectivity index (χ0v) is 10.3. The number of alkyl halides is 2. The maximum Gasteiger partial charge on any atom is 1.00 e. The maximum absolute atomic E-state index is 12.0. The van der Waals surface area contributed by atoms with Crippen LogP contribution in [0.4, 0.5) is 21.7 Å². The van der Waals surface area contributed by atoms with E-state index < -0.39 is 24.4 Å². The Bertz CT molecular complexity index is 303. The van der Waals surface area contributed by atoms with Crippen LogP contribution in [-0.4, -0.2) is 12.0 Å². The summed E-state index contributed by atoms with van der Waals surface area (Å²) in [6.45, 7) is -5.25. The molecule has 14 heavy (non-hydrogen) atoms. The van der Waals surface area contributed by atoms with E-state index in [1.807, 2.05) is 0 Å². The minimum Gasteiger partial charge on any atom is -0.445 e. The van der Waals surface area contributed by atoms with E-state index in [0.29, 0.717) is 12.3 Å². The predicted octanol–water partition coefficient (Wildman–Crippen LogP) is -0.922. The van der Waals surface area contributed by atoms with Crippen molar-refractivity contribution >= 4 is 12.4 Å². The summed E-state index contributed by atoms with van der Waals surface area (Å²) in [6.07, 6.45) is -1.67. The second kappa shape index (κ2) is 5.55. The van der Waals surface area contributed by atoms with Crippen LogP contribution in [0.25, 0.3) is 0 Å². The number of rotatable bonds is 2. The fourth-order valence-electron chi connectivity index (χ4n) is 0.775. The molecule has 0 aliphatic heterocycles. The molecule has 0 saturated carbocycles. The molecule has 0 unspecified atom stereocenters. The standard InChI is InChI=1S/C6H4BF5N.K/c8-6(9)4-1-5(3-13-2-4)7(10,11)12;/h1-3,6H;/q-1;+1. The average molecular weight is 235 g/mol. The van der Waals surface area contributed by atoms with Crippen molar-refractivity contribution in [2.75, 3.05) is 0 Å². The summed E-state index contributed by atoms with van der Waals surface area (Å²) in [6, 6.07) is 0.414. The van der Waals surface area contributed by atoms with Gasteiger partial charge in [0.1, 0.15) is 0 Å². The van der Waals surface area contributed by atoms with Crippen LogP contribution < -0.4 is 56.8 Å². The molecule has 0 amide bonds. The van der Waals surface area contributed by atoms with Crippen LogP contribution in [0.5, 0.6) is 0 Å². The Morgan fingerprint density at radius 2 is 1.71 bits per heavy atom. The third kappa shape index (κ3) is 3.93. The van der Waals surface area contributed by atoms with Gasteiger partial charge >= 0.3 is 58.4 Å². The summed E-state index contributed by atoms with van der Waals surface area (Å²) in [5.41, 5.74) is -1.81. The van der Waals surface area contributed by atoms with Gasteiger partial charge in [0.05, 0.1) is 0 Å². The van der Waals surface area contributed by atoms with Gasteiger partial charge in [-0.05, 0) is 6.20 Å². The van der Waals surface area contributed by atoms with Crippen molar-refractivity contribution in [1.82, 2.24) is 4.98 Å². The molecule has 8 heteroatoms. The van der Waals surface area contributed by atoms with Gasteiger partial charge in [0.25, 0.3) is 6.43 Å². The van der Waals surface area contributed by atoms with Gasteiger partial charge in [-0.3, -0.25) is 4.98 Å². The van der Waals surface area contributed by atoms with Crippen molar-refractivity contribution in [3.05, 3.63) is 24.0 Å². The largest absolute Gasteiger partial charge is 1.00 e. The first kappa shape index (κ1) is 14.5. The number of hydrogen-bond donors (Lipinski definition) is 0. The summed E-state index contributed by atoms with van der Waals surface area (Å²) < 4.78 is 59.9. The Balaban J connectivity index is 0.00000169. The molecule has 72 valence electrons. The van der Waals surface area contributed by atoms with E-state index in [0.717, 1.165) is 6.20 Å². The third-order valence-corrected chi connectivity index (χ3v) is 1.41. The zero-order chi connectivity index (χ0) is 10.1. The quantitative estimate of drug-likeness (QED) is 0.477. The van der Waals surface area contributed by atoms with E-state index >= 15 is 0 Å². The van der Waals surface area contributed by atoms with Gasteiger partial charge in [0.2, 0.25) is 0 Å². The number of hydrogen-bond acceptors (Lipinski definition) is 1. The SMILES string of the molecule is FC(F)c1cncc([B-](F)(F)F)c1.[K+]. The Morgan fingerprint density at radius 3 is 2.14 bits per heavy atom. The fourth-order valence-corrected chi connectivity index (χ4v) is 0.775. The van der Waals surface area contributed by atoms with Gasteiger partial charge in [-0.2, -0.15) is 0 Å². The van der Waals surface area contributed by atoms with E-state index in [-0.39, 0.29) is 51.4 Å². The summed E-state index contributed by atoms with van der Waals surface area (Å²) in [5.74, 6) is 0. The minimum absolute atomic E-state index is 0. The Labute approximate surface area is 120 Å². The molecule has 1 heterocycles. The first-order valence-electron chi connectivity index (χ1n) is 3.34. The molecule has 0 radical (unpaired) electrons. The normalized spacial score (nSPS) is 11.3. The molecule has 1 aromatic rings. The number of aromatic nitrogens is 1. The first-order chi connectivity index (χ1) is 5.91. The van der Waals surface area contributed by atoms with Gasteiger partial charge < -0.3 is 12.9 Å². The molecule has 1 nitrogen and oxygen atoms in total. The molecular formula is C6H4BF5KN. The predicted molar refractivity (Wildman–Crippen MR) is 37.9 cm³/mol. The molecule has 0 aliphatic carbocycles. The molecular weight excluding hydrogens is 231 g/mol. The van der Waals surface area contributed by atoms with Crippen molar-refractivity contribution in [1.29, 1.82) is 0 Å². The van der Waals surface area contributed by atoms with Crippen molar-refractivity contribution < 1.29 is 73.1 Å². The number of pyridine rings is 1. The summed E-state index contributed by atoms with van der Waals surface area (Å²) in [7, 11) is 0. The second-order valence-electron chi connectivity index (χ2n) is 2.43. The zero-order valence-electron chi connectivity index (χ0n) is 7.22. The molecule has 0 aromatic carbocycles. The Morgan fingerprint density at radius 1 is 1.14 bits per heavy atom. The van der Waals surface area contributed by atoms with E-state index in [9.17, 15) is 21.7 Å². The van der Waals surface area contributed by atoms with Crippen LogP contribution in [0, 0.1) is 0 Å². The summed E-state index contributed by atoms with van der Waals surface area (Å²) in [4.78, 5) is 3.09. The average Bonchev–Trinajstić information content (AvgIpc) is 2.03. The van der Waals surface area contributed by atoms with Gasteiger partial charge in [-0.25, -0.2) is 8.78 Å². The Hall–Kier alpha value is 0.501. The van der Waals surface area contributed by atoms with Crippen molar-refractivity contribution in [2.45, 2.75) is 6.43 Å². The number of nitrogens with zero attached hydrogens (tertiary/aromatic N) is 1. The number of halogens is 5. The fraction of sp³-hybridized carbons (Fsp3) is 0.167. The van der Waals surface area contributed by atoms with Crippen LogP contribution in [-0.2, 0) is 0 Å². The van der Waals surface area contributed by atoms with E-state index in [4.69, 9.17) is 0 Å². The van der Waals surface area contributed by atoms with E-state index in [2.05, 4.69) is 4.98 Å². The molecule has 0 N–H and O–H groups in total. The Kier molecular flexibility index (Phi) is 5.75. The van der Waals surface area contributed by atoms with Crippen molar-refractivity contribution in [3.8, 4) is 0 Å². The second-order valence-corrected chi connectivity index (χ2v) is 2.43. The molecule has 0 fully saturated rings. The van der Waals surface area contributed by atoms with E-state index in [1.165, 1.54) is 0 Å². The summed E-state index contributed by atoms with van der Waals surface area (Å²) in [5, 5.41) is 0. The van der Waals surface area contributed by atoms with Crippen LogP contribution in [0.2, 0.25) is 0 Å². The molecule has 0 saturated heterocycles. The molecule has 0 spiro atoms. The van der Waals surface area contributed by atoms with Crippen molar-refractivity contribution in [3.63, 3.8) is 0 Å². The molecule has 0 bridgehead atoms. The van der Waals surface area contributed by atoms with Crippen LogP contribution in [0.1, 0.15) is 12.0 Å². The van der Waals surface area contributed by atoms with Gasteiger partial charge in [0.15, 0.2) is 0 Å². The minimum atomic E-state index is -5.25. The molecule has 0 aliphatic rings. The van der Waals surface area contributed by atoms with Crippen molar-refractivity contribution in [2.24, 2.45) is 0 Å². The molecule has 1 rings (SSSR count). The van der Waals surface area contributed by atoms with Crippen LogP contribution in [0.3, 0.4) is 0 Å². The third-order valence-electron chi connectivity index (χ3n) is 1.41. The smallest absolute Gasteiger partial charge is 0.445 e. The van der Waals surface area contributed by atoms with Gasteiger partial charge in [-0.15, -0.1) is 0 Å². The van der Waals surface area contributed by atoms with Gasteiger partial charge in [-0.1, -0.05) is 11.5 Å². The monoisotopic (exact) mass is 235 g/mol. The van der Waals surface area contributed by atoms with Crippen LogP contribution >= 0.6 is 0 Å². The van der Waals surface area contributed by atoms with Crippen LogP contribution in [0.15, 0.2) is 18.5 Å². The maximum atomic E-state index is 12.0. The van der Waals surface area contributed by atoms with Gasteiger partial charge in [0, 0.05) is 11.8 Å². The topological polar surface area (TPSA) is 12.9 Å². The molecule has 1 aromatic heterocycles. The first-order valence-corrected chi connectivity index (χ1v) is 3.34. The summed E-state index contributed by atoms with van der Waals surface area (Å²) >= 11 is 0. The van der Waals surface area contributed by atoms with E-state index in [1.54, 1.807) is 0 Å².